The highest BCUT2D eigenvalue weighted by Gasteiger charge is 2.06. The SMILES string of the molecule is CN(C)CCCn1c(=S)[nH]c2ccsc2c1=O. The first-order valence-corrected chi connectivity index (χ1v) is 6.73. The molecule has 0 spiro atoms. The Balaban J connectivity index is 2.33. The Morgan fingerprint density at radius 3 is 3.00 bits per heavy atom. The van der Waals surface area contributed by atoms with Crippen LogP contribution >= 0.6 is 23.6 Å². The minimum absolute atomic E-state index is 0.0255. The van der Waals surface area contributed by atoms with Crippen LogP contribution in [0.15, 0.2) is 16.2 Å². The molecule has 0 aliphatic heterocycles. The van der Waals surface area contributed by atoms with Crippen LogP contribution in [0.25, 0.3) is 10.2 Å². The van der Waals surface area contributed by atoms with E-state index in [0.717, 1.165) is 23.2 Å². The lowest BCUT2D eigenvalue weighted by Gasteiger charge is -2.10. The summed E-state index contributed by atoms with van der Waals surface area (Å²) in [5, 5.41) is 1.90. The molecule has 0 radical (unpaired) electrons. The van der Waals surface area contributed by atoms with Gasteiger partial charge in [0.2, 0.25) is 0 Å². The quantitative estimate of drug-likeness (QED) is 0.864. The smallest absolute Gasteiger partial charge is 0.272 e. The van der Waals surface area contributed by atoms with Crippen molar-refractivity contribution in [1.29, 1.82) is 0 Å². The van der Waals surface area contributed by atoms with E-state index in [-0.39, 0.29) is 5.56 Å². The average molecular weight is 269 g/mol. The van der Waals surface area contributed by atoms with Gasteiger partial charge in [-0.05, 0) is 50.7 Å². The topological polar surface area (TPSA) is 41.0 Å². The van der Waals surface area contributed by atoms with Gasteiger partial charge in [-0.1, -0.05) is 0 Å². The maximum atomic E-state index is 12.2. The number of aromatic nitrogens is 2. The van der Waals surface area contributed by atoms with Gasteiger partial charge in [0.1, 0.15) is 4.70 Å². The summed E-state index contributed by atoms with van der Waals surface area (Å²) in [4.78, 5) is 17.3. The molecular weight excluding hydrogens is 254 g/mol. The third-order valence-corrected chi connectivity index (χ3v) is 3.80. The van der Waals surface area contributed by atoms with E-state index < -0.39 is 0 Å². The van der Waals surface area contributed by atoms with Crippen LogP contribution in [0.5, 0.6) is 0 Å². The Morgan fingerprint density at radius 2 is 2.29 bits per heavy atom. The Hall–Kier alpha value is -0.980. The van der Waals surface area contributed by atoms with E-state index in [1.807, 2.05) is 25.5 Å². The number of hydrogen-bond acceptors (Lipinski definition) is 4. The molecule has 2 rings (SSSR count). The van der Waals surface area contributed by atoms with Crippen molar-refractivity contribution in [3.8, 4) is 0 Å². The van der Waals surface area contributed by atoms with Crippen LogP contribution in [0, 0.1) is 4.77 Å². The summed E-state index contributed by atoms with van der Waals surface area (Å²) in [5.74, 6) is 0. The molecule has 0 amide bonds. The molecule has 0 aliphatic rings. The summed E-state index contributed by atoms with van der Waals surface area (Å²) in [6, 6.07) is 1.89. The molecule has 0 saturated heterocycles. The van der Waals surface area contributed by atoms with E-state index in [1.165, 1.54) is 11.3 Å². The molecule has 0 atom stereocenters. The molecule has 1 N–H and O–H groups in total. The third kappa shape index (κ3) is 2.65. The Labute approximate surface area is 109 Å². The van der Waals surface area contributed by atoms with Gasteiger partial charge in [-0.15, -0.1) is 11.3 Å². The van der Waals surface area contributed by atoms with Crippen molar-refractivity contribution in [2.45, 2.75) is 13.0 Å². The van der Waals surface area contributed by atoms with E-state index in [4.69, 9.17) is 12.2 Å². The van der Waals surface area contributed by atoms with Crippen LogP contribution in [0.3, 0.4) is 0 Å². The summed E-state index contributed by atoms with van der Waals surface area (Å²) in [7, 11) is 4.04. The van der Waals surface area contributed by atoms with Crippen LogP contribution < -0.4 is 5.56 Å². The summed E-state index contributed by atoms with van der Waals surface area (Å²) < 4.78 is 2.92. The highest BCUT2D eigenvalue weighted by atomic mass is 32.1. The van der Waals surface area contributed by atoms with Gasteiger partial charge >= 0.3 is 0 Å². The summed E-state index contributed by atoms with van der Waals surface area (Å²) in [6.07, 6.45) is 0.918. The lowest BCUT2D eigenvalue weighted by atomic mass is 10.4. The number of hydrogen-bond donors (Lipinski definition) is 1. The van der Waals surface area contributed by atoms with Crippen molar-refractivity contribution in [2.24, 2.45) is 0 Å². The van der Waals surface area contributed by atoms with Gasteiger partial charge < -0.3 is 9.88 Å². The molecule has 2 aromatic heterocycles. The van der Waals surface area contributed by atoms with Crippen molar-refractivity contribution in [3.63, 3.8) is 0 Å². The first-order chi connectivity index (χ1) is 8.09. The summed E-state index contributed by atoms with van der Waals surface area (Å²) in [5.41, 5.74) is 0.867. The second kappa shape index (κ2) is 5.12. The summed E-state index contributed by atoms with van der Waals surface area (Å²) in [6.45, 7) is 1.61. The highest BCUT2D eigenvalue weighted by Crippen LogP contribution is 2.13. The van der Waals surface area contributed by atoms with Crippen molar-refractivity contribution < 1.29 is 0 Å². The van der Waals surface area contributed by atoms with Gasteiger partial charge in [0.15, 0.2) is 4.77 Å². The molecule has 0 unspecified atom stereocenters. The molecule has 2 heterocycles. The number of aromatic amines is 1. The predicted molar refractivity (Wildman–Crippen MR) is 74.4 cm³/mol. The van der Waals surface area contributed by atoms with E-state index >= 15 is 0 Å². The predicted octanol–water partition coefficient (Wildman–Crippen LogP) is 2.07. The molecule has 4 nitrogen and oxygen atoms in total. The van der Waals surface area contributed by atoms with Crippen LogP contribution in [-0.4, -0.2) is 35.1 Å². The Morgan fingerprint density at radius 1 is 1.53 bits per heavy atom. The molecule has 0 bridgehead atoms. The normalized spacial score (nSPS) is 11.5. The van der Waals surface area contributed by atoms with Crippen molar-refractivity contribution >= 4 is 33.8 Å². The molecule has 0 aromatic carbocycles. The van der Waals surface area contributed by atoms with Gasteiger partial charge in [-0.3, -0.25) is 9.36 Å². The number of nitrogens with zero attached hydrogens (tertiary/aromatic N) is 2. The molecule has 17 heavy (non-hydrogen) atoms. The number of rotatable bonds is 4. The monoisotopic (exact) mass is 269 g/mol. The van der Waals surface area contributed by atoms with Crippen molar-refractivity contribution in [1.82, 2.24) is 14.5 Å². The van der Waals surface area contributed by atoms with E-state index in [0.29, 0.717) is 11.3 Å². The lowest BCUT2D eigenvalue weighted by molar-refractivity contribution is 0.384. The van der Waals surface area contributed by atoms with Gasteiger partial charge in [-0.2, -0.15) is 0 Å². The zero-order chi connectivity index (χ0) is 12.4. The average Bonchev–Trinajstić information content (AvgIpc) is 2.70. The minimum atomic E-state index is 0.0255. The Kier molecular flexibility index (Phi) is 3.76. The van der Waals surface area contributed by atoms with Gasteiger partial charge in [0, 0.05) is 6.54 Å². The number of thiophene rings is 1. The second-order valence-electron chi connectivity index (χ2n) is 4.21. The second-order valence-corrected chi connectivity index (χ2v) is 5.51. The maximum absolute atomic E-state index is 12.2. The van der Waals surface area contributed by atoms with Crippen LogP contribution in [-0.2, 0) is 6.54 Å². The zero-order valence-electron chi connectivity index (χ0n) is 9.90. The molecule has 0 aliphatic carbocycles. The first-order valence-electron chi connectivity index (χ1n) is 5.44. The molecule has 2 aromatic rings. The number of nitrogens with one attached hydrogen (secondary N) is 1. The third-order valence-electron chi connectivity index (χ3n) is 2.58. The van der Waals surface area contributed by atoms with E-state index in [1.54, 1.807) is 4.57 Å². The van der Waals surface area contributed by atoms with E-state index in [2.05, 4.69) is 9.88 Å². The molecule has 0 saturated carbocycles. The molecule has 92 valence electrons. The minimum Gasteiger partial charge on any atom is -0.331 e. The Bertz CT molecular complexity index is 623. The van der Waals surface area contributed by atoms with Gasteiger partial charge in [0.05, 0.1) is 5.52 Å². The zero-order valence-corrected chi connectivity index (χ0v) is 11.5. The molecule has 0 fully saturated rings. The maximum Gasteiger partial charge on any atom is 0.272 e. The first kappa shape index (κ1) is 12.5. The number of fused-ring (bicyclic) bond motifs is 1. The fourth-order valence-electron chi connectivity index (χ4n) is 1.72. The van der Waals surface area contributed by atoms with Crippen LogP contribution in [0.4, 0.5) is 0 Å². The van der Waals surface area contributed by atoms with Crippen molar-refractivity contribution in [3.05, 3.63) is 26.6 Å². The fraction of sp³-hybridized carbons (Fsp3) is 0.455. The molecular formula is C11H15N3OS2. The number of H-pyrrole nitrogens is 1. The van der Waals surface area contributed by atoms with E-state index in [9.17, 15) is 4.79 Å². The highest BCUT2D eigenvalue weighted by molar-refractivity contribution is 7.71. The summed E-state index contributed by atoms with van der Waals surface area (Å²) >= 11 is 6.67. The van der Waals surface area contributed by atoms with Crippen molar-refractivity contribution in [2.75, 3.05) is 20.6 Å². The van der Waals surface area contributed by atoms with Gasteiger partial charge in [-0.25, -0.2) is 0 Å². The van der Waals surface area contributed by atoms with Gasteiger partial charge in [0.25, 0.3) is 5.56 Å². The standard InChI is InChI=1S/C11H15N3OS2/c1-13(2)5-3-6-14-10(15)9-8(4-7-17-9)12-11(14)16/h4,7H,3,5-6H2,1-2H3,(H,12,16). The van der Waals surface area contributed by atoms with Crippen LogP contribution in [0.1, 0.15) is 6.42 Å². The van der Waals surface area contributed by atoms with Crippen LogP contribution in [0.2, 0.25) is 0 Å². The fourth-order valence-corrected chi connectivity index (χ4v) is 2.80. The molecule has 6 heteroatoms. The largest absolute Gasteiger partial charge is 0.331 e. The lowest BCUT2D eigenvalue weighted by Crippen LogP contribution is -2.23.